The number of nitrogens with one attached hydrogen (secondary N) is 1. The first-order valence-electron chi connectivity index (χ1n) is 6.87. The number of aromatic nitrogens is 1. The summed E-state index contributed by atoms with van der Waals surface area (Å²) in [5.74, 6) is 0.468. The Bertz CT molecular complexity index is 831. The first-order chi connectivity index (χ1) is 11.1. The summed E-state index contributed by atoms with van der Waals surface area (Å²) in [5.41, 5.74) is 2.12. The van der Waals surface area contributed by atoms with Crippen molar-refractivity contribution in [3.8, 4) is 11.3 Å². The van der Waals surface area contributed by atoms with Gasteiger partial charge >= 0.3 is 0 Å². The van der Waals surface area contributed by atoms with Crippen LogP contribution in [0.4, 0.5) is 0 Å². The zero-order valence-electron chi connectivity index (χ0n) is 11.9. The fraction of sp³-hybridized carbons (Fsp3) is 0.0588. The van der Waals surface area contributed by atoms with Crippen LogP contribution in [0.1, 0.15) is 16.1 Å². The van der Waals surface area contributed by atoms with E-state index in [4.69, 9.17) is 16.1 Å². The Morgan fingerprint density at radius 2 is 1.96 bits per heavy atom. The predicted octanol–water partition coefficient (Wildman–Crippen LogP) is 4.69. The molecule has 0 aliphatic rings. The number of carbonyl (C=O) groups excluding carboxylic acids is 1. The molecule has 4 nitrogen and oxygen atoms in total. The Labute approximate surface area is 146 Å². The first-order valence-corrected chi connectivity index (χ1v) is 8.04. The largest absolute Gasteiger partial charge is 0.356 e. The van der Waals surface area contributed by atoms with E-state index in [-0.39, 0.29) is 5.91 Å². The normalized spacial score (nSPS) is 10.5. The van der Waals surface area contributed by atoms with Crippen molar-refractivity contribution in [3.05, 3.63) is 75.4 Å². The van der Waals surface area contributed by atoms with Crippen LogP contribution in [-0.4, -0.2) is 11.1 Å². The highest BCUT2D eigenvalue weighted by Gasteiger charge is 2.09. The zero-order chi connectivity index (χ0) is 16.2. The van der Waals surface area contributed by atoms with Crippen LogP contribution in [0.2, 0.25) is 5.02 Å². The van der Waals surface area contributed by atoms with Gasteiger partial charge in [0.1, 0.15) is 5.69 Å². The van der Waals surface area contributed by atoms with Gasteiger partial charge in [0.2, 0.25) is 0 Å². The summed E-state index contributed by atoms with van der Waals surface area (Å²) >= 11 is 9.21. The molecule has 3 aromatic rings. The smallest absolute Gasteiger partial charge is 0.251 e. The maximum Gasteiger partial charge on any atom is 0.251 e. The minimum absolute atomic E-state index is 0.164. The lowest BCUT2D eigenvalue weighted by molar-refractivity contribution is 0.0950. The molecule has 6 heteroatoms. The third-order valence-electron chi connectivity index (χ3n) is 3.20. The van der Waals surface area contributed by atoms with Crippen molar-refractivity contribution in [2.24, 2.45) is 0 Å². The Morgan fingerprint density at radius 3 is 2.70 bits per heavy atom. The van der Waals surface area contributed by atoms with Gasteiger partial charge in [0.15, 0.2) is 5.76 Å². The minimum Gasteiger partial charge on any atom is -0.356 e. The van der Waals surface area contributed by atoms with E-state index in [9.17, 15) is 4.79 Å². The molecule has 0 saturated heterocycles. The molecule has 0 unspecified atom stereocenters. The summed E-state index contributed by atoms with van der Waals surface area (Å²) in [6, 6.07) is 16.3. The highest BCUT2D eigenvalue weighted by Crippen LogP contribution is 2.22. The summed E-state index contributed by atoms with van der Waals surface area (Å²) in [6.07, 6.45) is 0. The summed E-state index contributed by atoms with van der Waals surface area (Å²) in [5, 5.41) is 7.44. The van der Waals surface area contributed by atoms with Gasteiger partial charge in [0.05, 0.1) is 6.54 Å². The van der Waals surface area contributed by atoms with E-state index in [0.29, 0.717) is 28.6 Å². The SMILES string of the molecule is O=C(NCc1cc(-c2ccc(Cl)cc2)on1)c1cccc(Br)c1. The summed E-state index contributed by atoms with van der Waals surface area (Å²) in [6.45, 7) is 0.294. The van der Waals surface area contributed by atoms with Crippen LogP contribution < -0.4 is 5.32 Å². The molecule has 0 spiro atoms. The molecule has 1 heterocycles. The van der Waals surface area contributed by atoms with Gasteiger partial charge in [-0.15, -0.1) is 0 Å². The van der Waals surface area contributed by atoms with Crippen LogP contribution in [0, 0.1) is 0 Å². The van der Waals surface area contributed by atoms with E-state index >= 15 is 0 Å². The number of nitrogens with zero attached hydrogens (tertiary/aromatic N) is 1. The molecule has 0 aliphatic heterocycles. The molecular weight excluding hydrogens is 380 g/mol. The molecule has 0 radical (unpaired) electrons. The molecule has 0 saturated carbocycles. The molecule has 1 N–H and O–H groups in total. The molecule has 0 bridgehead atoms. The maximum atomic E-state index is 12.1. The molecule has 3 rings (SSSR count). The number of hydrogen-bond donors (Lipinski definition) is 1. The van der Waals surface area contributed by atoms with Crippen molar-refractivity contribution < 1.29 is 9.32 Å². The van der Waals surface area contributed by atoms with E-state index in [2.05, 4.69) is 26.4 Å². The second kappa shape index (κ2) is 6.98. The molecule has 0 atom stereocenters. The Balaban J connectivity index is 1.65. The summed E-state index contributed by atoms with van der Waals surface area (Å²) in [4.78, 5) is 12.1. The van der Waals surface area contributed by atoms with E-state index in [0.717, 1.165) is 10.0 Å². The highest BCUT2D eigenvalue weighted by molar-refractivity contribution is 9.10. The lowest BCUT2D eigenvalue weighted by Gasteiger charge is -2.03. The first kappa shape index (κ1) is 15.8. The molecule has 1 aromatic heterocycles. The molecular formula is C17H12BrClN2O2. The van der Waals surface area contributed by atoms with Gasteiger partial charge in [-0.3, -0.25) is 4.79 Å². The van der Waals surface area contributed by atoms with Crippen LogP contribution in [0.3, 0.4) is 0 Å². The molecule has 23 heavy (non-hydrogen) atoms. The van der Waals surface area contributed by atoms with Crippen LogP contribution in [0.25, 0.3) is 11.3 Å². The quantitative estimate of drug-likeness (QED) is 0.702. The van der Waals surface area contributed by atoms with Crippen molar-refractivity contribution in [2.45, 2.75) is 6.54 Å². The molecule has 0 aliphatic carbocycles. The average Bonchev–Trinajstić information content (AvgIpc) is 3.02. The van der Waals surface area contributed by atoms with Crippen molar-refractivity contribution >= 4 is 33.4 Å². The summed E-state index contributed by atoms with van der Waals surface area (Å²) < 4.78 is 6.15. The van der Waals surface area contributed by atoms with Crippen LogP contribution in [0.15, 0.2) is 63.6 Å². The topological polar surface area (TPSA) is 55.1 Å². The molecule has 0 fully saturated rings. The number of halogens is 2. The monoisotopic (exact) mass is 390 g/mol. The van der Waals surface area contributed by atoms with Crippen molar-refractivity contribution in [2.75, 3.05) is 0 Å². The number of hydrogen-bond acceptors (Lipinski definition) is 3. The van der Waals surface area contributed by atoms with Crippen molar-refractivity contribution in [1.82, 2.24) is 10.5 Å². The number of rotatable bonds is 4. The number of amides is 1. The van der Waals surface area contributed by atoms with Gasteiger partial charge in [-0.1, -0.05) is 38.8 Å². The van der Waals surface area contributed by atoms with Crippen LogP contribution in [0.5, 0.6) is 0 Å². The van der Waals surface area contributed by atoms with Crippen molar-refractivity contribution in [3.63, 3.8) is 0 Å². The molecule has 1 amide bonds. The Morgan fingerprint density at radius 1 is 1.17 bits per heavy atom. The Kier molecular flexibility index (Phi) is 4.79. The van der Waals surface area contributed by atoms with Gasteiger partial charge < -0.3 is 9.84 Å². The van der Waals surface area contributed by atoms with Gasteiger partial charge in [-0.2, -0.15) is 0 Å². The van der Waals surface area contributed by atoms with Gasteiger partial charge in [-0.25, -0.2) is 0 Å². The lowest BCUT2D eigenvalue weighted by Crippen LogP contribution is -2.22. The van der Waals surface area contributed by atoms with E-state index in [1.54, 1.807) is 30.3 Å². The van der Waals surface area contributed by atoms with Gasteiger partial charge in [0.25, 0.3) is 5.91 Å². The van der Waals surface area contributed by atoms with Crippen LogP contribution >= 0.6 is 27.5 Å². The summed E-state index contributed by atoms with van der Waals surface area (Å²) in [7, 11) is 0. The predicted molar refractivity (Wildman–Crippen MR) is 92.3 cm³/mol. The second-order valence-corrected chi connectivity index (χ2v) is 6.23. The fourth-order valence-corrected chi connectivity index (χ4v) is 2.57. The van der Waals surface area contributed by atoms with Crippen molar-refractivity contribution in [1.29, 1.82) is 0 Å². The molecule has 116 valence electrons. The standard InChI is InChI=1S/C17H12BrClN2O2/c18-13-3-1-2-12(8-13)17(22)20-10-15-9-16(23-21-15)11-4-6-14(19)7-5-11/h1-9H,10H2,(H,20,22). The fourth-order valence-electron chi connectivity index (χ4n) is 2.05. The van der Waals surface area contributed by atoms with Crippen LogP contribution in [-0.2, 0) is 6.54 Å². The third kappa shape index (κ3) is 4.00. The van der Waals surface area contributed by atoms with E-state index < -0.39 is 0 Å². The lowest BCUT2D eigenvalue weighted by atomic mass is 10.1. The third-order valence-corrected chi connectivity index (χ3v) is 3.95. The Hall–Kier alpha value is -2.11. The number of carbonyl (C=O) groups is 1. The average molecular weight is 392 g/mol. The second-order valence-electron chi connectivity index (χ2n) is 4.88. The highest BCUT2D eigenvalue weighted by atomic mass is 79.9. The van der Waals surface area contributed by atoms with Gasteiger partial charge in [-0.05, 0) is 42.5 Å². The number of benzene rings is 2. The minimum atomic E-state index is -0.164. The molecule has 2 aromatic carbocycles. The van der Waals surface area contributed by atoms with E-state index in [1.165, 1.54) is 0 Å². The zero-order valence-corrected chi connectivity index (χ0v) is 14.3. The van der Waals surface area contributed by atoms with Gasteiger partial charge in [0, 0.05) is 26.7 Å². The maximum absolute atomic E-state index is 12.1. The van der Waals surface area contributed by atoms with E-state index in [1.807, 2.05) is 24.3 Å².